The second-order valence-corrected chi connectivity index (χ2v) is 4.68. The number of rotatable bonds is 6. The summed E-state index contributed by atoms with van der Waals surface area (Å²) in [7, 11) is 1.59. The number of aromatic nitrogens is 3. The molecule has 2 rings (SSSR count). The molecule has 6 heteroatoms. The van der Waals surface area contributed by atoms with Crippen LogP contribution in [0.4, 0.5) is 0 Å². The zero-order valence-corrected chi connectivity index (χ0v) is 12.6. The van der Waals surface area contributed by atoms with Gasteiger partial charge in [-0.3, -0.25) is 9.78 Å². The number of carbonyl (C=O) groups is 1. The van der Waals surface area contributed by atoms with Crippen LogP contribution >= 0.6 is 0 Å². The average molecular weight is 287 g/mol. The topological polar surface area (TPSA) is 71.8 Å². The van der Waals surface area contributed by atoms with Crippen LogP contribution in [0.15, 0.2) is 30.6 Å². The van der Waals surface area contributed by atoms with E-state index in [1.54, 1.807) is 30.2 Å². The summed E-state index contributed by atoms with van der Waals surface area (Å²) in [6.07, 6.45) is 4.52. The maximum Gasteiger partial charge on any atom is 0.271 e. The lowest BCUT2D eigenvalue weighted by Crippen LogP contribution is -2.21. The zero-order chi connectivity index (χ0) is 15.2. The van der Waals surface area contributed by atoms with Crippen LogP contribution in [0.2, 0.25) is 0 Å². The average Bonchev–Trinajstić information content (AvgIpc) is 3.02. The Kier molecular flexibility index (Phi) is 5.05. The van der Waals surface area contributed by atoms with Crippen molar-refractivity contribution in [3.05, 3.63) is 42.0 Å². The molecule has 0 aromatic carbocycles. The second kappa shape index (κ2) is 6.99. The molecule has 2 aromatic rings. The lowest BCUT2D eigenvalue weighted by molar-refractivity contribution is 0.0957. The molecular formula is C15H21N5O. The van der Waals surface area contributed by atoms with Crippen molar-refractivity contribution < 1.29 is 4.79 Å². The van der Waals surface area contributed by atoms with E-state index in [4.69, 9.17) is 0 Å². The van der Waals surface area contributed by atoms with E-state index < -0.39 is 0 Å². The van der Waals surface area contributed by atoms with Crippen LogP contribution in [0.1, 0.15) is 42.5 Å². The molecule has 6 nitrogen and oxygen atoms in total. The first-order valence-electron chi connectivity index (χ1n) is 7.17. The van der Waals surface area contributed by atoms with Gasteiger partial charge in [-0.15, -0.1) is 0 Å². The fourth-order valence-corrected chi connectivity index (χ4v) is 2.16. The quantitative estimate of drug-likeness (QED) is 0.848. The van der Waals surface area contributed by atoms with Crippen molar-refractivity contribution in [1.29, 1.82) is 0 Å². The molecule has 0 saturated heterocycles. The highest BCUT2D eigenvalue weighted by Crippen LogP contribution is 2.15. The smallest absolute Gasteiger partial charge is 0.271 e. The van der Waals surface area contributed by atoms with E-state index in [2.05, 4.69) is 34.6 Å². The fraction of sp³-hybridized carbons (Fsp3) is 0.400. The Morgan fingerprint density at radius 1 is 1.33 bits per heavy atom. The minimum Gasteiger partial charge on any atom is -0.354 e. The van der Waals surface area contributed by atoms with Crippen LogP contribution in [0, 0.1) is 0 Å². The van der Waals surface area contributed by atoms with E-state index in [1.807, 2.05) is 12.1 Å². The molecule has 2 aromatic heterocycles. The summed E-state index contributed by atoms with van der Waals surface area (Å²) < 4.78 is 1.65. The summed E-state index contributed by atoms with van der Waals surface area (Å²) in [5, 5.41) is 10.2. The van der Waals surface area contributed by atoms with Crippen molar-refractivity contribution in [2.24, 2.45) is 0 Å². The summed E-state index contributed by atoms with van der Waals surface area (Å²) in [4.78, 5) is 16.0. The molecule has 0 fully saturated rings. The molecule has 112 valence electrons. The van der Waals surface area contributed by atoms with E-state index in [-0.39, 0.29) is 11.9 Å². The van der Waals surface area contributed by atoms with Gasteiger partial charge in [0.25, 0.3) is 5.91 Å². The van der Waals surface area contributed by atoms with Gasteiger partial charge >= 0.3 is 0 Å². The number of hydrogen-bond donors (Lipinski definition) is 2. The van der Waals surface area contributed by atoms with Crippen molar-refractivity contribution >= 4 is 5.91 Å². The second-order valence-electron chi connectivity index (χ2n) is 4.68. The standard InChI is InChI=1S/C15H21N5O/c1-4-12(17-5-2)13-7-6-11(10-18-13)20-9-8-14(19-20)15(21)16-3/h6-10,12,17H,4-5H2,1-3H3,(H,16,21). The van der Waals surface area contributed by atoms with Gasteiger partial charge in [0.15, 0.2) is 5.69 Å². The van der Waals surface area contributed by atoms with Crippen LogP contribution in [0.3, 0.4) is 0 Å². The van der Waals surface area contributed by atoms with Crippen molar-refractivity contribution in [2.45, 2.75) is 26.3 Å². The molecule has 0 aliphatic heterocycles. The Morgan fingerprint density at radius 2 is 2.14 bits per heavy atom. The van der Waals surface area contributed by atoms with E-state index in [0.29, 0.717) is 5.69 Å². The highest BCUT2D eigenvalue weighted by atomic mass is 16.1. The normalized spacial score (nSPS) is 12.1. The summed E-state index contributed by atoms with van der Waals surface area (Å²) in [6.45, 7) is 5.13. The number of carbonyl (C=O) groups excluding carboxylic acids is 1. The highest BCUT2D eigenvalue weighted by Gasteiger charge is 2.11. The zero-order valence-electron chi connectivity index (χ0n) is 12.6. The van der Waals surface area contributed by atoms with E-state index in [1.165, 1.54) is 0 Å². The van der Waals surface area contributed by atoms with Gasteiger partial charge in [-0.05, 0) is 31.2 Å². The largest absolute Gasteiger partial charge is 0.354 e. The maximum atomic E-state index is 11.5. The van der Waals surface area contributed by atoms with E-state index in [9.17, 15) is 4.79 Å². The molecule has 0 aliphatic rings. The molecule has 0 spiro atoms. The molecule has 2 heterocycles. The van der Waals surface area contributed by atoms with Gasteiger partial charge in [0.1, 0.15) is 0 Å². The number of nitrogens with zero attached hydrogens (tertiary/aromatic N) is 3. The molecule has 1 unspecified atom stereocenters. The Balaban J connectivity index is 2.18. The summed E-state index contributed by atoms with van der Waals surface area (Å²) in [5.74, 6) is -0.198. The van der Waals surface area contributed by atoms with Crippen LogP contribution in [0.5, 0.6) is 0 Å². The molecule has 0 saturated carbocycles. The molecule has 0 aliphatic carbocycles. The van der Waals surface area contributed by atoms with Crippen LogP contribution in [-0.4, -0.2) is 34.3 Å². The Labute approximate surface area is 124 Å². The molecular weight excluding hydrogens is 266 g/mol. The number of hydrogen-bond acceptors (Lipinski definition) is 4. The number of nitrogens with one attached hydrogen (secondary N) is 2. The van der Waals surface area contributed by atoms with Gasteiger partial charge < -0.3 is 10.6 Å². The van der Waals surface area contributed by atoms with Crippen molar-refractivity contribution in [3.8, 4) is 5.69 Å². The van der Waals surface area contributed by atoms with E-state index in [0.717, 1.165) is 24.3 Å². The Morgan fingerprint density at radius 3 is 2.71 bits per heavy atom. The summed E-state index contributed by atoms with van der Waals surface area (Å²) in [5.41, 5.74) is 2.24. The Bertz CT molecular complexity index is 590. The Hall–Kier alpha value is -2.21. The lowest BCUT2D eigenvalue weighted by atomic mass is 10.1. The number of amides is 1. The van der Waals surface area contributed by atoms with Crippen LogP contribution in [-0.2, 0) is 0 Å². The van der Waals surface area contributed by atoms with Gasteiger partial charge in [0.05, 0.1) is 17.6 Å². The fourth-order valence-electron chi connectivity index (χ4n) is 2.16. The first-order valence-corrected chi connectivity index (χ1v) is 7.17. The third-order valence-electron chi connectivity index (χ3n) is 3.30. The predicted molar refractivity (Wildman–Crippen MR) is 81.5 cm³/mol. The van der Waals surface area contributed by atoms with Crippen LogP contribution in [0.25, 0.3) is 5.69 Å². The van der Waals surface area contributed by atoms with Crippen LogP contribution < -0.4 is 10.6 Å². The third kappa shape index (κ3) is 3.46. The first kappa shape index (κ1) is 15.2. The van der Waals surface area contributed by atoms with Gasteiger partial charge in [-0.1, -0.05) is 13.8 Å². The highest BCUT2D eigenvalue weighted by molar-refractivity contribution is 5.91. The lowest BCUT2D eigenvalue weighted by Gasteiger charge is -2.15. The molecule has 2 N–H and O–H groups in total. The molecule has 0 radical (unpaired) electrons. The van der Waals surface area contributed by atoms with Gasteiger partial charge in [-0.2, -0.15) is 5.10 Å². The predicted octanol–water partition coefficient (Wildman–Crippen LogP) is 1.69. The monoisotopic (exact) mass is 287 g/mol. The van der Waals surface area contributed by atoms with Crippen molar-refractivity contribution in [1.82, 2.24) is 25.4 Å². The van der Waals surface area contributed by atoms with Gasteiger partial charge in [0.2, 0.25) is 0 Å². The van der Waals surface area contributed by atoms with Gasteiger partial charge in [0, 0.05) is 19.3 Å². The maximum absolute atomic E-state index is 11.5. The summed E-state index contributed by atoms with van der Waals surface area (Å²) >= 11 is 0. The first-order chi connectivity index (χ1) is 10.2. The van der Waals surface area contributed by atoms with Crippen molar-refractivity contribution in [2.75, 3.05) is 13.6 Å². The molecule has 1 atom stereocenters. The minimum absolute atomic E-state index is 0.198. The molecule has 0 bridgehead atoms. The summed E-state index contributed by atoms with van der Waals surface area (Å²) in [6, 6.07) is 5.90. The number of pyridine rings is 1. The molecule has 1 amide bonds. The van der Waals surface area contributed by atoms with Crippen molar-refractivity contribution in [3.63, 3.8) is 0 Å². The third-order valence-corrected chi connectivity index (χ3v) is 3.30. The molecule has 21 heavy (non-hydrogen) atoms. The SMILES string of the molecule is CCNC(CC)c1ccc(-n2ccc(C(=O)NC)n2)cn1. The minimum atomic E-state index is -0.198. The van der Waals surface area contributed by atoms with Gasteiger partial charge in [-0.25, -0.2) is 4.68 Å². The van der Waals surface area contributed by atoms with E-state index >= 15 is 0 Å².